The van der Waals surface area contributed by atoms with E-state index in [-0.39, 0.29) is 0 Å². The average Bonchev–Trinajstić information content (AvgIpc) is 2.02. The molecule has 0 unspecified atom stereocenters. The summed E-state index contributed by atoms with van der Waals surface area (Å²) in [5.41, 5.74) is 0. The zero-order valence-electron chi connectivity index (χ0n) is 8.27. The van der Waals surface area contributed by atoms with Gasteiger partial charge in [-0.25, -0.2) is 0 Å². The first-order chi connectivity index (χ1) is 5.77. The van der Waals surface area contributed by atoms with Gasteiger partial charge in [-0.3, -0.25) is 0 Å². The molecule has 0 aliphatic heterocycles. The second-order valence-corrected chi connectivity index (χ2v) is 3.64. The fraction of sp³-hybridized carbons (Fsp3) is 0.900. The highest BCUT2D eigenvalue weighted by molar-refractivity contribution is 4.63. The van der Waals surface area contributed by atoms with Crippen molar-refractivity contribution in [1.82, 2.24) is 5.32 Å². The van der Waals surface area contributed by atoms with E-state index < -0.39 is 0 Å². The predicted octanol–water partition coefficient (Wildman–Crippen LogP) is 2.66. The molecule has 0 aromatic carbocycles. The minimum Gasteiger partial charge on any atom is -0.324 e. The summed E-state index contributed by atoms with van der Waals surface area (Å²) in [6.45, 7) is 5.37. The smallest absolute Gasteiger partial charge is 0.176 e. The summed E-state index contributed by atoms with van der Waals surface area (Å²) in [5, 5.41) is 10.8. The van der Waals surface area contributed by atoms with Gasteiger partial charge in [-0.05, 0) is 12.3 Å². The molecule has 0 heterocycles. The van der Waals surface area contributed by atoms with Gasteiger partial charge in [0, 0.05) is 6.54 Å². The van der Waals surface area contributed by atoms with Crippen LogP contribution in [0, 0.1) is 17.4 Å². The molecule has 0 aromatic rings. The Labute approximate surface area is 76.0 Å². The Morgan fingerprint density at radius 3 is 2.42 bits per heavy atom. The van der Waals surface area contributed by atoms with Crippen LogP contribution >= 0.6 is 0 Å². The van der Waals surface area contributed by atoms with E-state index in [2.05, 4.69) is 19.2 Å². The van der Waals surface area contributed by atoms with Crippen LogP contribution in [0.3, 0.4) is 0 Å². The van der Waals surface area contributed by atoms with Crippen molar-refractivity contribution < 1.29 is 0 Å². The van der Waals surface area contributed by atoms with Crippen molar-refractivity contribution in [3.8, 4) is 6.19 Å². The van der Waals surface area contributed by atoms with Crippen LogP contribution in [0.4, 0.5) is 0 Å². The molecule has 0 amide bonds. The highest BCUT2D eigenvalue weighted by Crippen LogP contribution is 2.08. The molecule has 0 aliphatic carbocycles. The van der Waals surface area contributed by atoms with Crippen molar-refractivity contribution in [2.45, 2.75) is 46.0 Å². The molecule has 2 heteroatoms. The van der Waals surface area contributed by atoms with E-state index in [1.54, 1.807) is 0 Å². The van der Waals surface area contributed by atoms with Gasteiger partial charge in [0.2, 0.25) is 0 Å². The van der Waals surface area contributed by atoms with Crippen molar-refractivity contribution in [2.24, 2.45) is 5.92 Å². The summed E-state index contributed by atoms with van der Waals surface area (Å²) >= 11 is 0. The van der Waals surface area contributed by atoms with Gasteiger partial charge in [0.05, 0.1) is 0 Å². The summed E-state index contributed by atoms with van der Waals surface area (Å²) in [5.74, 6) is 0.835. The number of hydrogen-bond donors (Lipinski definition) is 1. The second kappa shape index (κ2) is 8.39. The van der Waals surface area contributed by atoms with Crippen LogP contribution in [0.1, 0.15) is 46.0 Å². The third kappa shape index (κ3) is 9.29. The van der Waals surface area contributed by atoms with Gasteiger partial charge in [-0.15, -0.1) is 0 Å². The molecule has 0 aromatic heterocycles. The van der Waals surface area contributed by atoms with E-state index in [1.165, 1.54) is 25.7 Å². The number of nitrogens with zero attached hydrogens (tertiary/aromatic N) is 1. The molecule has 0 fully saturated rings. The number of nitriles is 1. The Kier molecular flexibility index (Phi) is 7.89. The molecular formula is C10H20N2. The van der Waals surface area contributed by atoms with E-state index in [9.17, 15) is 0 Å². The van der Waals surface area contributed by atoms with Gasteiger partial charge in [-0.2, -0.15) is 5.26 Å². The van der Waals surface area contributed by atoms with Gasteiger partial charge in [0.25, 0.3) is 0 Å². The van der Waals surface area contributed by atoms with Crippen LogP contribution < -0.4 is 5.32 Å². The Balaban J connectivity index is 2.87. The number of unbranched alkanes of at least 4 members (excludes halogenated alkanes) is 3. The normalized spacial score (nSPS) is 9.83. The first kappa shape index (κ1) is 11.3. The molecule has 0 rings (SSSR count). The quantitative estimate of drug-likeness (QED) is 0.360. The van der Waals surface area contributed by atoms with E-state index >= 15 is 0 Å². The third-order valence-corrected chi connectivity index (χ3v) is 1.91. The molecule has 0 saturated heterocycles. The lowest BCUT2D eigenvalue weighted by Crippen LogP contribution is -2.06. The summed E-state index contributed by atoms with van der Waals surface area (Å²) in [4.78, 5) is 0. The Bertz CT molecular complexity index is 124. The number of nitrogens with one attached hydrogen (secondary N) is 1. The van der Waals surface area contributed by atoms with E-state index in [0.29, 0.717) is 0 Å². The topological polar surface area (TPSA) is 35.8 Å². The van der Waals surface area contributed by atoms with Crippen LogP contribution in [0.25, 0.3) is 0 Å². The Morgan fingerprint density at radius 2 is 1.83 bits per heavy atom. The lowest BCUT2D eigenvalue weighted by molar-refractivity contribution is 0.518. The van der Waals surface area contributed by atoms with Gasteiger partial charge < -0.3 is 5.32 Å². The largest absolute Gasteiger partial charge is 0.324 e. The predicted molar refractivity (Wildman–Crippen MR) is 51.5 cm³/mol. The molecule has 2 nitrogen and oxygen atoms in total. The standard InChI is InChI=1S/C10H20N2/c1-10(2)7-5-3-4-6-8-12-9-11/h10,12H,3-8H2,1-2H3. The minimum absolute atomic E-state index is 0.835. The van der Waals surface area contributed by atoms with Crippen molar-refractivity contribution in [1.29, 1.82) is 5.26 Å². The fourth-order valence-corrected chi connectivity index (χ4v) is 1.18. The van der Waals surface area contributed by atoms with Crippen molar-refractivity contribution in [3.63, 3.8) is 0 Å². The maximum atomic E-state index is 8.18. The highest BCUT2D eigenvalue weighted by Gasteiger charge is 1.93. The van der Waals surface area contributed by atoms with Crippen LogP contribution in [-0.2, 0) is 0 Å². The third-order valence-electron chi connectivity index (χ3n) is 1.91. The summed E-state index contributed by atoms with van der Waals surface area (Å²) in [6.07, 6.45) is 8.30. The Hall–Kier alpha value is -0.710. The summed E-state index contributed by atoms with van der Waals surface area (Å²) < 4.78 is 0. The molecule has 1 N–H and O–H groups in total. The van der Waals surface area contributed by atoms with Crippen LogP contribution in [0.5, 0.6) is 0 Å². The van der Waals surface area contributed by atoms with Crippen LogP contribution in [-0.4, -0.2) is 6.54 Å². The van der Waals surface area contributed by atoms with Gasteiger partial charge in [0.1, 0.15) is 0 Å². The number of rotatable bonds is 7. The maximum Gasteiger partial charge on any atom is 0.176 e. The van der Waals surface area contributed by atoms with Crippen molar-refractivity contribution >= 4 is 0 Å². The Morgan fingerprint density at radius 1 is 1.17 bits per heavy atom. The molecule has 70 valence electrons. The van der Waals surface area contributed by atoms with Gasteiger partial charge in [-0.1, -0.05) is 39.5 Å². The van der Waals surface area contributed by atoms with Crippen molar-refractivity contribution in [3.05, 3.63) is 0 Å². The molecule has 0 aliphatic rings. The van der Waals surface area contributed by atoms with Gasteiger partial charge >= 0.3 is 0 Å². The average molecular weight is 168 g/mol. The zero-order valence-corrected chi connectivity index (χ0v) is 8.27. The molecule has 0 radical (unpaired) electrons. The molecule has 0 saturated carbocycles. The molecule has 0 bridgehead atoms. The van der Waals surface area contributed by atoms with E-state index in [1.807, 2.05) is 6.19 Å². The first-order valence-corrected chi connectivity index (χ1v) is 4.89. The number of hydrogen-bond acceptors (Lipinski definition) is 2. The monoisotopic (exact) mass is 168 g/mol. The molecular weight excluding hydrogens is 148 g/mol. The SMILES string of the molecule is CC(C)CCCCCCNC#N. The molecule has 0 spiro atoms. The van der Waals surface area contributed by atoms with E-state index in [0.717, 1.165) is 18.9 Å². The lowest BCUT2D eigenvalue weighted by Gasteiger charge is -2.03. The van der Waals surface area contributed by atoms with Crippen molar-refractivity contribution in [2.75, 3.05) is 6.54 Å². The second-order valence-electron chi connectivity index (χ2n) is 3.64. The minimum atomic E-state index is 0.835. The summed E-state index contributed by atoms with van der Waals surface area (Å²) in [7, 11) is 0. The van der Waals surface area contributed by atoms with Gasteiger partial charge in [0.15, 0.2) is 6.19 Å². The maximum absolute atomic E-state index is 8.18. The zero-order chi connectivity index (χ0) is 9.23. The highest BCUT2D eigenvalue weighted by atomic mass is 14.8. The molecule has 0 atom stereocenters. The fourth-order valence-electron chi connectivity index (χ4n) is 1.18. The van der Waals surface area contributed by atoms with Crippen LogP contribution in [0.15, 0.2) is 0 Å². The summed E-state index contributed by atoms with van der Waals surface area (Å²) in [6, 6.07) is 0. The van der Waals surface area contributed by atoms with Crippen LogP contribution in [0.2, 0.25) is 0 Å². The first-order valence-electron chi connectivity index (χ1n) is 4.89. The lowest BCUT2D eigenvalue weighted by atomic mass is 10.0. The van der Waals surface area contributed by atoms with E-state index in [4.69, 9.17) is 5.26 Å². The molecule has 12 heavy (non-hydrogen) atoms.